The summed E-state index contributed by atoms with van der Waals surface area (Å²) in [5.41, 5.74) is 2.45. The molecule has 1 aromatic rings. The number of anilines is 1. The van der Waals surface area contributed by atoms with Crippen molar-refractivity contribution >= 4 is 5.82 Å². The fraction of sp³-hybridized carbons (Fsp3) is 0.765. The van der Waals surface area contributed by atoms with E-state index in [-0.39, 0.29) is 0 Å². The van der Waals surface area contributed by atoms with E-state index in [1.165, 1.54) is 36.9 Å². The lowest BCUT2D eigenvalue weighted by atomic mass is 10.0. The highest BCUT2D eigenvalue weighted by Gasteiger charge is 2.27. The van der Waals surface area contributed by atoms with Crippen LogP contribution in [-0.2, 0) is 6.42 Å². The SMILES string of the molecule is CCCNc1nc(C2CCC(CC)C2)nc(CC)c1C. The molecule has 1 aliphatic rings. The molecule has 1 aromatic heterocycles. The van der Waals surface area contributed by atoms with Crippen LogP contribution in [0.1, 0.15) is 75.9 Å². The third-order valence-corrected chi connectivity index (χ3v) is 4.62. The highest BCUT2D eigenvalue weighted by molar-refractivity contribution is 5.46. The third kappa shape index (κ3) is 3.31. The molecule has 1 saturated carbocycles. The van der Waals surface area contributed by atoms with Crippen LogP contribution in [-0.4, -0.2) is 16.5 Å². The van der Waals surface area contributed by atoms with E-state index in [9.17, 15) is 0 Å². The topological polar surface area (TPSA) is 37.8 Å². The van der Waals surface area contributed by atoms with Gasteiger partial charge in [0.2, 0.25) is 0 Å². The number of hydrogen-bond donors (Lipinski definition) is 1. The summed E-state index contributed by atoms with van der Waals surface area (Å²) < 4.78 is 0. The number of nitrogens with one attached hydrogen (secondary N) is 1. The van der Waals surface area contributed by atoms with E-state index in [0.29, 0.717) is 5.92 Å². The minimum absolute atomic E-state index is 0.577. The van der Waals surface area contributed by atoms with Crippen LogP contribution in [0.5, 0.6) is 0 Å². The van der Waals surface area contributed by atoms with E-state index >= 15 is 0 Å². The fourth-order valence-electron chi connectivity index (χ4n) is 3.20. The summed E-state index contributed by atoms with van der Waals surface area (Å²) in [7, 11) is 0. The summed E-state index contributed by atoms with van der Waals surface area (Å²) in [4.78, 5) is 9.71. The van der Waals surface area contributed by atoms with E-state index in [1.807, 2.05) is 0 Å². The van der Waals surface area contributed by atoms with Crippen molar-refractivity contribution < 1.29 is 0 Å². The second-order valence-electron chi connectivity index (χ2n) is 6.07. The van der Waals surface area contributed by atoms with E-state index < -0.39 is 0 Å². The normalized spacial score (nSPS) is 22.2. The first-order valence-corrected chi connectivity index (χ1v) is 8.30. The molecule has 0 radical (unpaired) electrons. The largest absolute Gasteiger partial charge is 0.370 e. The third-order valence-electron chi connectivity index (χ3n) is 4.62. The van der Waals surface area contributed by atoms with Crippen molar-refractivity contribution in [3.63, 3.8) is 0 Å². The van der Waals surface area contributed by atoms with Gasteiger partial charge in [0.05, 0.1) is 0 Å². The number of hydrogen-bond acceptors (Lipinski definition) is 3. The highest BCUT2D eigenvalue weighted by atomic mass is 15.0. The van der Waals surface area contributed by atoms with Gasteiger partial charge in [-0.2, -0.15) is 0 Å². The Morgan fingerprint density at radius 1 is 1.15 bits per heavy atom. The van der Waals surface area contributed by atoms with Gasteiger partial charge in [-0.1, -0.05) is 27.2 Å². The van der Waals surface area contributed by atoms with Gasteiger partial charge in [-0.05, 0) is 44.9 Å². The molecule has 3 heteroatoms. The van der Waals surface area contributed by atoms with E-state index in [1.54, 1.807) is 0 Å². The van der Waals surface area contributed by atoms with Gasteiger partial charge in [0.1, 0.15) is 11.6 Å². The van der Waals surface area contributed by atoms with Gasteiger partial charge in [0.15, 0.2) is 0 Å². The van der Waals surface area contributed by atoms with E-state index in [2.05, 4.69) is 33.0 Å². The van der Waals surface area contributed by atoms with Gasteiger partial charge in [-0.3, -0.25) is 0 Å². The molecule has 2 atom stereocenters. The quantitative estimate of drug-likeness (QED) is 0.832. The summed E-state index contributed by atoms with van der Waals surface area (Å²) >= 11 is 0. The Balaban J connectivity index is 2.24. The van der Waals surface area contributed by atoms with Crippen molar-refractivity contribution in [2.75, 3.05) is 11.9 Å². The van der Waals surface area contributed by atoms with Crippen molar-refractivity contribution in [3.8, 4) is 0 Å². The molecule has 20 heavy (non-hydrogen) atoms. The molecule has 3 nitrogen and oxygen atoms in total. The lowest BCUT2D eigenvalue weighted by Gasteiger charge is -2.16. The van der Waals surface area contributed by atoms with Gasteiger partial charge in [-0.25, -0.2) is 9.97 Å². The summed E-state index contributed by atoms with van der Waals surface area (Å²) in [6.07, 6.45) is 7.29. The summed E-state index contributed by atoms with van der Waals surface area (Å²) in [5, 5.41) is 3.48. The Morgan fingerprint density at radius 2 is 1.95 bits per heavy atom. The Kier molecular flexibility index (Phi) is 5.38. The van der Waals surface area contributed by atoms with Crippen molar-refractivity contribution in [2.24, 2.45) is 5.92 Å². The standard InChI is InChI=1S/C17H29N3/c1-5-10-18-16-12(4)15(7-3)19-17(20-16)14-9-8-13(6-2)11-14/h13-14H,5-11H2,1-4H3,(H,18,19,20). The lowest BCUT2D eigenvalue weighted by molar-refractivity contribution is 0.516. The first kappa shape index (κ1) is 15.3. The molecule has 2 unspecified atom stereocenters. The maximum atomic E-state index is 4.86. The van der Waals surface area contributed by atoms with Gasteiger partial charge in [0.25, 0.3) is 0 Å². The minimum Gasteiger partial charge on any atom is -0.370 e. The molecular weight excluding hydrogens is 246 g/mol. The molecular formula is C17H29N3. The average Bonchev–Trinajstić information content (AvgIpc) is 2.95. The first-order chi connectivity index (χ1) is 9.69. The van der Waals surface area contributed by atoms with Crippen molar-refractivity contribution in [3.05, 3.63) is 17.1 Å². The number of nitrogens with zero attached hydrogens (tertiary/aromatic N) is 2. The molecule has 0 aliphatic heterocycles. The van der Waals surface area contributed by atoms with Crippen LogP contribution in [0.15, 0.2) is 0 Å². The molecule has 0 amide bonds. The first-order valence-electron chi connectivity index (χ1n) is 8.30. The van der Waals surface area contributed by atoms with Crippen LogP contribution in [0.3, 0.4) is 0 Å². The van der Waals surface area contributed by atoms with Gasteiger partial charge >= 0.3 is 0 Å². The predicted octanol–water partition coefficient (Wildman–Crippen LogP) is 4.46. The molecule has 0 spiro atoms. The van der Waals surface area contributed by atoms with Crippen molar-refractivity contribution in [2.45, 2.75) is 72.1 Å². The average molecular weight is 275 g/mol. The zero-order valence-corrected chi connectivity index (χ0v) is 13.5. The monoisotopic (exact) mass is 275 g/mol. The Labute approximate surface area is 123 Å². The van der Waals surface area contributed by atoms with Crippen LogP contribution >= 0.6 is 0 Å². The number of aromatic nitrogens is 2. The zero-order valence-electron chi connectivity index (χ0n) is 13.5. The highest BCUT2D eigenvalue weighted by Crippen LogP contribution is 2.39. The second kappa shape index (κ2) is 7.05. The van der Waals surface area contributed by atoms with Crippen LogP contribution in [0.25, 0.3) is 0 Å². The molecule has 1 heterocycles. The molecule has 112 valence electrons. The Bertz CT molecular complexity index is 442. The van der Waals surface area contributed by atoms with Crippen molar-refractivity contribution in [1.82, 2.24) is 9.97 Å². The molecule has 0 saturated heterocycles. The summed E-state index contributed by atoms with van der Waals surface area (Å²) in [5.74, 6) is 3.60. The van der Waals surface area contributed by atoms with Crippen LogP contribution in [0.2, 0.25) is 0 Å². The van der Waals surface area contributed by atoms with Crippen molar-refractivity contribution in [1.29, 1.82) is 0 Å². The van der Waals surface area contributed by atoms with Crippen LogP contribution in [0.4, 0.5) is 5.82 Å². The second-order valence-corrected chi connectivity index (χ2v) is 6.07. The molecule has 1 fully saturated rings. The Hall–Kier alpha value is -1.12. The van der Waals surface area contributed by atoms with E-state index in [4.69, 9.17) is 9.97 Å². The molecule has 1 aliphatic carbocycles. The molecule has 0 aromatic carbocycles. The van der Waals surface area contributed by atoms with Crippen LogP contribution < -0.4 is 5.32 Å². The fourth-order valence-corrected chi connectivity index (χ4v) is 3.20. The van der Waals surface area contributed by atoms with Gasteiger partial charge in [-0.15, -0.1) is 0 Å². The van der Waals surface area contributed by atoms with Gasteiger partial charge < -0.3 is 5.32 Å². The molecule has 1 N–H and O–H groups in total. The maximum Gasteiger partial charge on any atom is 0.134 e. The molecule has 2 rings (SSSR count). The summed E-state index contributed by atoms with van der Waals surface area (Å²) in [6.45, 7) is 9.81. The zero-order chi connectivity index (χ0) is 14.5. The smallest absolute Gasteiger partial charge is 0.134 e. The Morgan fingerprint density at radius 3 is 2.55 bits per heavy atom. The van der Waals surface area contributed by atoms with E-state index in [0.717, 1.165) is 36.9 Å². The minimum atomic E-state index is 0.577. The summed E-state index contributed by atoms with van der Waals surface area (Å²) in [6, 6.07) is 0. The number of aryl methyl sites for hydroxylation is 1. The maximum absolute atomic E-state index is 4.86. The van der Waals surface area contributed by atoms with Gasteiger partial charge in [0, 0.05) is 23.7 Å². The molecule has 0 bridgehead atoms. The lowest BCUT2D eigenvalue weighted by Crippen LogP contribution is -2.12. The number of rotatable bonds is 6. The predicted molar refractivity (Wildman–Crippen MR) is 85.3 cm³/mol. The van der Waals surface area contributed by atoms with Crippen LogP contribution in [0, 0.1) is 12.8 Å².